The molecule has 0 spiro atoms. The molecule has 5 aromatic rings. The number of aliphatic imine (C=N–C) groups is 1. The summed E-state index contributed by atoms with van der Waals surface area (Å²) in [5.41, 5.74) is 6.10. The minimum Gasteiger partial charge on any atom is -0.483 e. The van der Waals surface area contributed by atoms with Crippen LogP contribution in [0.25, 0.3) is 0 Å². The Labute approximate surface area is 261 Å². The van der Waals surface area contributed by atoms with Crippen molar-refractivity contribution in [3.63, 3.8) is 0 Å². The topological polar surface area (TPSA) is 40.1 Å². The Balaban J connectivity index is 1.43. The van der Waals surface area contributed by atoms with E-state index in [2.05, 4.69) is 102 Å². The average Bonchev–Trinajstić information content (AvgIpc) is 3.20. The third-order valence-corrected chi connectivity index (χ3v) is 9.30. The van der Waals surface area contributed by atoms with E-state index in [0.29, 0.717) is 11.6 Å². The number of anilines is 4. The predicted octanol–water partition coefficient (Wildman–Crippen LogP) is 9.60. The molecule has 0 aliphatic carbocycles. The van der Waals surface area contributed by atoms with Crippen molar-refractivity contribution in [2.45, 2.75) is 15.9 Å². The molecule has 0 aromatic heterocycles. The van der Waals surface area contributed by atoms with E-state index in [0.717, 1.165) is 45.6 Å². The molecule has 0 saturated heterocycles. The second-order valence-corrected chi connectivity index (χ2v) is 12.3. The molecule has 5 nitrogen and oxygen atoms in total. The Morgan fingerprint density at radius 2 is 1.42 bits per heavy atom. The lowest BCUT2D eigenvalue weighted by molar-refractivity contribution is 0.175. The fraction of sp³-hybridized carbons (Fsp3) is 0.139. The Kier molecular flexibility index (Phi) is 7.47. The first-order valence-corrected chi connectivity index (χ1v) is 15.5. The molecule has 2 heterocycles. The predicted molar refractivity (Wildman–Crippen MR) is 180 cm³/mol. The molecule has 43 heavy (non-hydrogen) atoms. The lowest BCUT2D eigenvalue weighted by Gasteiger charge is -2.38. The Morgan fingerprint density at radius 3 is 2.12 bits per heavy atom. The first-order chi connectivity index (χ1) is 21.1. The van der Waals surface area contributed by atoms with Gasteiger partial charge in [0.15, 0.2) is 0 Å². The zero-order chi connectivity index (χ0) is 29.3. The number of hydrogen-bond acceptors (Lipinski definition) is 6. The molecule has 7 heteroatoms. The molecule has 214 valence electrons. The van der Waals surface area contributed by atoms with Crippen LogP contribution >= 0.6 is 23.4 Å². The van der Waals surface area contributed by atoms with Gasteiger partial charge in [0.2, 0.25) is 0 Å². The maximum Gasteiger partial charge on any atom is 0.145 e. The maximum atomic E-state index is 6.94. The largest absolute Gasteiger partial charge is 0.483 e. The fourth-order valence-corrected chi connectivity index (χ4v) is 6.92. The summed E-state index contributed by atoms with van der Waals surface area (Å²) < 4.78 is 6.94. The summed E-state index contributed by atoms with van der Waals surface area (Å²) in [5, 5.41) is 4.33. The number of nitrogens with zero attached hydrogens (tertiary/aromatic N) is 3. The van der Waals surface area contributed by atoms with Gasteiger partial charge in [-0.05, 0) is 66.2 Å². The summed E-state index contributed by atoms with van der Waals surface area (Å²) >= 11 is 8.42. The highest BCUT2D eigenvalue weighted by Crippen LogP contribution is 2.51. The zero-order valence-electron chi connectivity index (χ0n) is 23.9. The van der Waals surface area contributed by atoms with Crippen LogP contribution in [0.5, 0.6) is 5.75 Å². The standard InChI is InChI=1S/C36H31ClN4OS/c1-40(2)25-21-19-24(20-22-25)35-26(23-38-28-12-4-3-11-27(28)37)36(39-29-13-5-8-16-32(29)42-35)41-30-14-6-9-17-33(30)43-34-18-10-7-15-31(34)41/h3-22,26,35,38H,23H2,1-2H3. The molecule has 0 radical (unpaired) electrons. The van der Waals surface area contributed by atoms with Gasteiger partial charge in [0.05, 0.1) is 28.0 Å². The highest BCUT2D eigenvalue weighted by molar-refractivity contribution is 7.99. The van der Waals surface area contributed by atoms with E-state index >= 15 is 0 Å². The first kappa shape index (κ1) is 27.4. The summed E-state index contributed by atoms with van der Waals surface area (Å²) in [7, 11) is 4.11. The smallest absolute Gasteiger partial charge is 0.145 e. The van der Waals surface area contributed by atoms with Crippen molar-refractivity contribution in [3.05, 3.63) is 132 Å². The van der Waals surface area contributed by atoms with Gasteiger partial charge in [0.1, 0.15) is 23.4 Å². The number of nitrogens with one attached hydrogen (secondary N) is 1. The molecule has 7 rings (SSSR count). The lowest BCUT2D eigenvalue weighted by atomic mass is 9.92. The Morgan fingerprint density at radius 1 is 0.791 bits per heavy atom. The zero-order valence-corrected chi connectivity index (χ0v) is 25.5. The maximum absolute atomic E-state index is 6.94. The minimum atomic E-state index is -0.331. The van der Waals surface area contributed by atoms with Crippen LogP contribution < -0.4 is 19.9 Å². The van der Waals surface area contributed by atoms with E-state index in [4.69, 9.17) is 21.3 Å². The summed E-state index contributed by atoms with van der Waals surface area (Å²) in [6.07, 6.45) is -0.331. The number of amidine groups is 1. The molecule has 0 fully saturated rings. The quantitative estimate of drug-likeness (QED) is 0.217. The van der Waals surface area contributed by atoms with Crippen molar-refractivity contribution in [2.75, 3.05) is 35.8 Å². The van der Waals surface area contributed by atoms with Crippen LogP contribution in [0.1, 0.15) is 11.7 Å². The highest BCUT2D eigenvalue weighted by atomic mass is 35.5. The second-order valence-electron chi connectivity index (χ2n) is 10.8. The monoisotopic (exact) mass is 602 g/mol. The van der Waals surface area contributed by atoms with Gasteiger partial charge in [-0.3, -0.25) is 4.90 Å². The van der Waals surface area contributed by atoms with Crippen molar-refractivity contribution in [2.24, 2.45) is 10.9 Å². The summed E-state index contributed by atoms with van der Waals surface area (Å²) in [6.45, 7) is 0.546. The second kappa shape index (κ2) is 11.7. The number of fused-ring (bicyclic) bond motifs is 3. The summed E-state index contributed by atoms with van der Waals surface area (Å²) in [4.78, 5) is 12.2. The molecule has 2 aliphatic heterocycles. The number of benzene rings is 5. The SMILES string of the molecule is CN(C)c1ccc(C2Oc3ccccc3N=C(N3c4ccccc4Sc4ccccc43)C2CNc2ccccc2Cl)cc1. The van der Waals surface area contributed by atoms with E-state index in [1.54, 1.807) is 11.8 Å². The van der Waals surface area contributed by atoms with Gasteiger partial charge in [-0.15, -0.1) is 0 Å². The highest BCUT2D eigenvalue weighted by Gasteiger charge is 2.39. The average molecular weight is 603 g/mol. The van der Waals surface area contributed by atoms with Gasteiger partial charge >= 0.3 is 0 Å². The first-order valence-electron chi connectivity index (χ1n) is 14.3. The number of rotatable bonds is 5. The molecule has 2 unspecified atom stereocenters. The van der Waals surface area contributed by atoms with Gasteiger partial charge in [0, 0.05) is 36.1 Å². The van der Waals surface area contributed by atoms with E-state index in [1.807, 2.05) is 48.5 Å². The molecule has 0 saturated carbocycles. The van der Waals surface area contributed by atoms with Crippen molar-refractivity contribution < 1.29 is 4.74 Å². The number of para-hydroxylation sites is 5. The van der Waals surface area contributed by atoms with Crippen molar-refractivity contribution >= 4 is 57.6 Å². The van der Waals surface area contributed by atoms with Gasteiger partial charge in [0.25, 0.3) is 0 Å². The van der Waals surface area contributed by atoms with Crippen molar-refractivity contribution in [1.29, 1.82) is 0 Å². The molecule has 2 atom stereocenters. The van der Waals surface area contributed by atoms with Crippen molar-refractivity contribution in [1.82, 2.24) is 0 Å². The molecule has 1 N–H and O–H groups in total. The number of ether oxygens (including phenoxy) is 1. The lowest BCUT2D eigenvalue weighted by Crippen LogP contribution is -2.41. The molecule has 0 amide bonds. The Hall–Kier alpha value is -4.39. The Bertz CT molecular complexity index is 1760. The van der Waals surface area contributed by atoms with Crippen LogP contribution in [0.2, 0.25) is 5.02 Å². The van der Waals surface area contributed by atoms with Crippen LogP contribution in [0.3, 0.4) is 0 Å². The van der Waals surface area contributed by atoms with E-state index in [9.17, 15) is 0 Å². The third kappa shape index (κ3) is 5.33. The number of hydrogen-bond donors (Lipinski definition) is 1. The summed E-state index contributed by atoms with van der Waals surface area (Å²) in [6, 6.07) is 41.6. The fourth-order valence-electron chi connectivity index (χ4n) is 5.66. The molecule has 0 bridgehead atoms. The van der Waals surface area contributed by atoms with E-state index in [-0.39, 0.29) is 12.0 Å². The molecular weight excluding hydrogens is 572 g/mol. The van der Waals surface area contributed by atoms with Crippen LogP contribution in [0, 0.1) is 5.92 Å². The van der Waals surface area contributed by atoms with Gasteiger partial charge < -0.3 is 15.0 Å². The van der Waals surface area contributed by atoms with Gasteiger partial charge in [-0.2, -0.15) is 0 Å². The molecule has 5 aromatic carbocycles. The van der Waals surface area contributed by atoms with Crippen LogP contribution in [-0.2, 0) is 0 Å². The van der Waals surface area contributed by atoms with Crippen LogP contribution in [0.4, 0.5) is 28.4 Å². The van der Waals surface area contributed by atoms with E-state index < -0.39 is 0 Å². The molecule has 2 aliphatic rings. The summed E-state index contributed by atoms with van der Waals surface area (Å²) in [5.74, 6) is 1.47. The van der Waals surface area contributed by atoms with Crippen LogP contribution in [0.15, 0.2) is 136 Å². The molecular formula is C36H31ClN4OS. The third-order valence-electron chi connectivity index (χ3n) is 7.84. The van der Waals surface area contributed by atoms with Crippen molar-refractivity contribution in [3.8, 4) is 5.75 Å². The van der Waals surface area contributed by atoms with Gasteiger partial charge in [-0.1, -0.05) is 84.0 Å². The number of halogens is 1. The van der Waals surface area contributed by atoms with Crippen LogP contribution in [-0.4, -0.2) is 26.5 Å². The minimum absolute atomic E-state index is 0.196. The van der Waals surface area contributed by atoms with E-state index in [1.165, 1.54) is 9.79 Å². The normalized spacial score (nSPS) is 17.0. The van der Waals surface area contributed by atoms with Gasteiger partial charge in [-0.25, -0.2) is 4.99 Å².